The number of carbonyl (C=O) groups is 1. The van der Waals surface area contributed by atoms with Crippen molar-refractivity contribution in [2.75, 3.05) is 18.5 Å². The lowest BCUT2D eigenvalue weighted by molar-refractivity contribution is -0.118. The van der Waals surface area contributed by atoms with Crippen LogP contribution in [0, 0.1) is 13.8 Å². The number of ether oxygens (including phenoxy) is 2. The second-order valence-corrected chi connectivity index (χ2v) is 8.09. The largest absolute Gasteiger partial charge is 0.494 e. The number of H-pyrrole nitrogens is 1. The van der Waals surface area contributed by atoms with Crippen molar-refractivity contribution < 1.29 is 14.3 Å². The van der Waals surface area contributed by atoms with Crippen molar-refractivity contribution in [1.82, 2.24) is 19.7 Å². The predicted octanol–water partition coefficient (Wildman–Crippen LogP) is 3.72. The molecular formula is C23H23N5O4S. The normalized spacial score (nSPS) is 10.8. The fourth-order valence-corrected chi connectivity index (χ4v) is 3.71. The van der Waals surface area contributed by atoms with Crippen molar-refractivity contribution in [3.63, 3.8) is 0 Å². The lowest BCUT2D eigenvalue weighted by Crippen LogP contribution is -2.23. The SMILES string of the molecule is CCOc1ccc(OCC(=O)Nc2cc(-c3cccs3)nn2-c2nc(C)c(C)c(=O)[nH]2)cc1. The maximum absolute atomic E-state index is 12.6. The Balaban J connectivity index is 1.56. The van der Waals surface area contributed by atoms with Crippen molar-refractivity contribution in [2.24, 2.45) is 0 Å². The van der Waals surface area contributed by atoms with Gasteiger partial charge in [-0.15, -0.1) is 11.3 Å². The van der Waals surface area contributed by atoms with E-state index in [0.29, 0.717) is 35.1 Å². The highest BCUT2D eigenvalue weighted by Gasteiger charge is 2.17. The molecule has 0 unspecified atom stereocenters. The monoisotopic (exact) mass is 465 g/mol. The molecule has 4 aromatic rings. The molecule has 3 heterocycles. The van der Waals surface area contributed by atoms with Gasteiger partial charge in [0, 0.05) is 17.3 Å². The standard InChI is InChI=1S/C23H23N5O4S/c1-4-31-16-7-9-17(10-8-16)32-13-21(29)25-20-12-18(19-6-5-11-33-19)27-28(20)23-24-15(3)14(2)22(30)26-23/h5-12H,4,13H2,1-3H3,(H,25,29)(H,24,26,30). The molecule has 0 aliphatic heterocycles. The lowest BCUT2D eigenvalue weighted by atomic mass is 10.3. The molecule has 0 saturated carbocycles. The Hall–Kier alpha value is -3.92. The Labute approximate surface area is 194 Å². The molecule has 9 nitrogen and oxygen atoms in total. The molecule has 0 aliphatic rings. The van der Waals surface area contributed by atoms with Crippen LogP contribution in [0.4, 0.5) is 5.82 Å². The third kappa shape index (κ3) is 5.12. The quantitative estimate of drug-likeness (QED) is 0.410. The number of hydrogen-bond donors (Lipinski definition) is 2. The second kappa shape index (κ2) is 9.70. The second-order valence-electron chi connectivity index (χ2n) is 7.15. The van der Waals surface area contributed by atoms with E-state index in [1.165, 1.54) is 16.0 Å². The Morgan fingerprint density at radius 2 is 1.88 bits per heavy atom. The number of benzene rings is 1. The zero-order valence-electron chi connectivity index (χ0n) is 18.4. The van der Waals surface area contributed by atoms with Crippen LogP contribution in [-0.4, -0.2) is 38.9 Å². The van der Waals surface area contributed by atoms with E-state index in [-0.39, 0.29) is 24.0 Å². The van der Waals surface area contributed by atoms with Gasteiger partial charge in [0.05, 0.1) is 11.5 Å². The zero-order valence-corrected chi connectivity index (χ0v) is 19.2. The molecule has 0 bridgehead atoms. The van der Waals surface area contributed by atoms with Crippen LogP contribution in [0.3, 0.4) is 0 Å². The third-order valence-corrected chi connectivity index (χ3v) is 5.73. The number of carbonyl (C=O) groups excluding carboxylic acids is 1. The number of nitrogens with one attached hydrogen (secondary N) is 2. The van der Waals surface area contributed by atoms with E-state index in [1.807, 2.05) is 24.4 Å². The van der Waals surface area contributed by atoms with Gasteiger partial charge in [-0.25, -0.2) is 4.98 Å². The summed E-state index contributed by atoms with van der Waals surface area (Å²) in [6, 6.07) is 12.6. The maximum Gasteiger partial charge on any atom is 0.263 e. The third-order valence-electron chi connectivity index (χ3n) is 4.84. The molecule has 2 N–H and O–H groups in total. The molecule has 1 amide bonds. The van der Waals surface area contributed by atoms with E-state index in [1.54, 1.807) is 44.2 Å². The molecule has 0 radical (unpaired) electrons. The van der Waals surface area contributed by atoms with Gasteiger partial charge < -0.3 is 14.8 Å². The van der Waals surface area contributed by atoms with Gasteiger partial charge in [-0.05, 0) is 56.5 Å². The van der Waals surface area contributed by atoms with Gasteiger partial charge in [0.1, 0.15) is 23.0 Å². The van der Waals surface area contributed by atoms with E-state index in [2.05, 4.69) is 20.4 Å². The van der Waals surface area contributed by atoms with Crippen LogP contribution < -0.4 is 20.3 Å². The Morgan fingerprint density at radius 3 is 2.52 bits per heavy atom. The number of aromatic amines is 1. The number of aromatic nitrogens is 4. The van der Waals surface area contributed by atoms with Gasteiger partial charge in [-0.1, -0.05) is 6.07 Å². The first-order valence-electron chi connectivity index (χ1n) is 10.3. The summed E-state index contributed by atoms with van der Waals surface area (Å²) in [5.41, 5.74) is 1.49. The minimum absolute atomic E-state index is 0.204. The Kier molecular flexibility index (Phi) is 6.55. The first-order valence-corrected chi connectivity index (χ1v) is 11.2. The van der Waals surface area contributed by atoms with Crippen LogP contribution in [0.1, 0.15) is 18.2 Å². The summed E-state index contributed by atoms with van der Waals surface area (Å²) >= 11 is 1.52. The summed E-state index contributed by atoms with van der Waals surface area (Å²) < 4.78 is 12.4. The van der Waals surface area contributed by atoms with Crippen molar-refractivity contribution in [3.8, 4) is 28.0 Å². The van der Waals surface area contributed by atoms with Crippen LogP contribution >= 0.6 is 11.3 Å². The van der Waals surface area contributed by atoms with E-state index < -0.39 is 0 Å². The molecule has 1 aromatic carbocycles. The molecule has 3 aromatic heterocycles. The Bertz CT molecular complexity index is 1310. The van der Waals surface area contributed by atoms with E-state index >= 15 is 0 Å². The van der Waals surface area contributed by atoms with Gasteiger partial charge in [-0.2, -0.15) is 9.78 Å². The highest BCUT2D eigenvalue weighted by atomic mass is 32.1. The summed E-state index contributed by atoms with van der Waals surface area (Å²) in [7, 11) is 0. The predicted molar refractivity (Wildman–Crippen MR) is 127 cm³/mol. The minimum atomic E-state index is -0.381. The number of thiophene rings is 1. The van der Waals surface area contributed by atoms with E-state index in [0.717, 1.165) is 10.6 Å². The summed E-state index contributed by atoms with van der Waals surface area (Å²) in [6.45, 7) is 5.73. The molecule has 0 saturated heterocycles. The van der Waals surface area contributed by atoms with Crippen molar-refractivity contribution in [2.45, 2.75) is 20.8 Å². The molecule has 4 rings (SSSR count). The molecule has 0 spiro atoms. The zero-order chi connectivity index (χ0) is 23.4. The molecule has 10 heteroatoms. The first kappa shape index (κ1) is 22.3. The fourth-order valence-electron chi connectivity index (χ4n) is 3.03. The highest BCUT2D eigenvalue weighted by Crippen LogP contribution is 2.27. The lowest BCUT2D eigenvalue weighted by Gasteiger charge is -2.10. The summed E-state index contributed by atoms with van der Waals surface area (Å²) in [5, 5.41) is 9.30. The molecule has 33 heavy (non-hydrogen) atoms. The van der Waals surface area contributed by atoms with Crippen LogP contribution in [-0.2, 0) is 4.79 Å². The number of rotatable bonds is 8. The molecule has 0 aliphatic carbocycles. The molecule has 0 atom stereocenters. The van der Waals surface area contributed by atoms with Crippen molar-refractivity contribution >= 4 is 23.1 Å². The number of aryl methyl sites for hydroxylation is 1. The summed E-state index contributed by atoms with van der Waals surface area (Å²) in [4.78, 5) is 33.0. The van der Waals surface area contributed by atoms with Gasteiger partial charge >= 0.3 is 0 Å². The van der Waals surface area contributed by atoms with Crippen LogP contribution in [0.25, 0.3) is 16.5 Å². The van der Waals surface area contributed by atoms with Crippen molar-refractivity contribution in [1.29, 1.82) is 0 Å². The van der Waals surface area contributed by atoms with Gasteiger partial charge in [-0.3, -0.25) is 14.6 Å². The summed E-state index contributed by atoms with van der Waals surface area (Å²) in [5.74, 6) is 1.48. The number of anilines is 1. The molecule has 170 valence electrons. The molecule has 0 fully saturated rings. The summed E-state index contributed by atoms with van der Waals surface area (Å²) in [6.07, 6.45) is 0. The topological polar surface area (TPSA) is 111 Å². The average molecular weight is 466 g/mol. The molecular weight excluding hydrogens is 442 g/mol. The van der Waals surface area contributed by atoms with Crippen LogP contribution in [0.15, 0.2) is 52.6 Å². The first-order chi connectivity index (χ1) is 15.9. The van der Waals surface area contributed by atoms with Crippen LogP contribution in [0.2, 0.25) is 0 Å². The van der Waals surface area contributed by atoms with Gasteiger partial charge in [0.15, 0.2) is 6.61 Å². The van der Waals surface area contributed by atoms with Crippen LogP contribution in [0.5, 0.6) is 11.5 Å². The Morgan fingerprint density at radius 1 is 1.15 bits per heavy atom. The highest BCUT2D eigenvalue weighted by molar-refractivity contribution is 7.13. The van der Waals surface area contributed by atoms with E-state index in [9.17, 15) is 9.59 Å². The van der Waals surface area contributed by atoms with Crippen molar-refractivity contribution in [3.05, 3.63) is 69.5 Å². The number of nitrogens with zero attached hydrogens (tertiary/aromatic N) is 3. The van der Waals surface area contributed by atoms with Gasteiger partial charge in [0.25, 0.3) is 11.5 Å². The smallest absolute Gasteiger partial charge is 0.263 e. The fraction of sp³-hybridized carbons (Fsp3) is 0.217. The average Bonchev–Trinajstić information content (AvgIpc) is 3.47. The number of amides is 1. The minimum Gasteiger partial charge on any atom is -0.494 e. The van der Waals surface area contributed by atoms with Gasteiger partial charge in [0.2, 0.25) is 5.95 Å². The van der Waals surface area contributed by atoms with E-state index in [4.69, 9.17) is 9.47 Å². The number of hydrogen-bond acceptors (Lipinski definition) is 7. The maximum atomic E-state index is 12.6.